The van der Waals surface area contributed by atoms with Gasteiger partial charge in [0.25, 0.3) is 0 Å². The van der Waals surface area contributed by atoms with E-state index >= 15 is 0 Å². The number of nitrogens with two attached hydrogens (primary N) is 1. The third-order valence-corrected chi connectivity index (χ3v) is 3.27. The summed E-state index contributed by atoms with van der Waals surface area (Å²) < 4.78 is 1.70. The van der Waals surface area contributed by atoms with Gasteiger partial charge in [0.2, 0.25) is 0 Å². The Morgan fingerprint density at radius 2 is 1.83 bits per heavy atom. The van der Waals surface area contributed by atoms with Gasteiger partial charge in [-0.3, -0.25) is 4.68 Å². The predicted octanol–water partition coefficient (Wildman–Crippen LogP) is 4.28. The highest BCUT2D eigenvalue weighted by Gasteiger charge is 2.04. The second-order valence-corrected chi connectivity index (χ2v) is 5.24. The third-order valence-electron chi connectivity index (χ3n) is 3.27. The van der Waals surface area contributed by atoms with Crippen LogP contribution in [0.5, 0.6) is 0 Å². The van der Waals surface area contributed by atoms with E-state index in [-0.39, 0.29) is 0 Å². The van der Waals surface area contributed by atoms with Gasteiger partial charge in [-0.2, -0.15) is 0 Å². The summed E-state index contributed by atoms with van der Waals surface area (Å²) >= 11 is 0. The Morgan fingerprint density at radius 3 is 2.33 bits per heavy atom. The molecule has 0 atom stereocenters. The molecule has 2 nitrogen and oxygen atoms in total. The molecule has 0 spiro atoms. The first-order valence-corrected chi connectivity index (χ1v) is 6.85. The number of nitrogens with zero attached hydrogens (tertiary/aromatic N) is 1. The maximum atomic E-state index is 5.82. The Hall–Kier alpha value is -1.44. The van der Waals surface area contributed by atoms with E-state index in [9.17, 15) is 0 Å². The summed E-state index contributed by atoms with van der Waals surface area (Å²) in [6.45, 7) is 10.9. The van der Waals surface area contributed by atoms with E-state index in [0.29, 0.717) is 0 Å². The minimum Gasteiger partial charge on any atom is -0.339 e. The summed E-state index contributed by atoms with van der Waals surface area (Å²) in [6, 6.07) is 6.35. The quantitative estimate of drug-likeness (QED) is 0.788. The zero-order valence-corrected chi connectivity index (χ0v) is 12.3. The highest BCUT2D eigenvalue weighted by atomic mass is 15.3. The fraction of sp³-hybridized carbons (Fsp3) is 0.500. The van der Waals surface area contributed by atoms with Gasteiger partial charge in [-0.15, -0.1) is 0 Å². The van der Waals surface area contributed by atoms with Crippen LogP contribution in [-0.2, 0) is 6.42 Å². The van der Waals surface area contributed by atoms with Crippen LogP contribution in [0, 0.1) is 12.8 Å². The number of hydrogen-bond donors (Lipinski definition) is 1. The second-order valence-electron chi connectivity index (χ2n) is 5.24. The van der Waals surface area contributed by atoms with Gasteiger partial charge < -0.3 is 5.84 Å². The monoisotopic (exact) mass is 246 g/mol. The van der Waals surface area contributed by atoms with E-state index in [1.54, 1.807) is 4.68 Å². The second kappa shape index (κ2) is 6.48. The number of nitrogen functional groups attached to an aromatic ring is 1. The van der Waals surface area contributed by atoms with Crippen molar-refractivity contribution in [2.24, 2.45) is 5.92 Å². The van der Waals surface area contributed by atoms with Gasteiger partial charge in [-0.1, -0.05) is 45.7 Å². The average molecular weight is 246 g/mol. The number of fused-ring (bicyclic) bond motifs is 1. The molecule has 0 bridgehead atoms. The summed E-state index contributed by atoms with van der Waals surface area (Å²) in [5.41, 5.74) is 3.72. The highest BCUT2D eigenvalue weighted by Crippen LogP contribution is 2.21. The van der Waals surface area contributed by atoms with Crippen LogP contribution < -0.4 is 5.84 Å². The van der Waals surface area contributed by atoms with Gasteiger partial charge in [0.15, 0.2) is 0 Å². The standard InChI is InChI=1S/C11H14N2.C5H12/c1-3-9-7-13(12)11-5-4-8(2)6-10(9)11;1-4-5(2)3/h4-7H,3,12H2,1-2H3;5H,4H2,1-3H3. The molecule has 0 amide bonds. The number of aryl methyl sites for hydroxylation is 2. The van der Waals surface area contributed by atoms with Crippen molar-refractivity contribution in [3.05, 3.63) is 35.5 Å². The molecule has 0 saturated heterocycles. The maximum Gasteiger partial charge on any atom is 0.0693 e. The SMILES string of the molecule is CCC(C)C.CCc1cn(N)c2ccc(C)cc12. The topological polar surface area (TPSA) is 30.9 Å². The zero-order valence-electron chi connectivity index (χ0n) is 12.3. The van der Waals surface area contributed by atoms with Crippen molar-refractivity contribution in [2.75, 3.05) is 5.84 Å². The molecule has 0 saturated carbocycles. The molecule has 0 radical (unpaired) electrons. The molecule has 0 aliphatic carbocycles. The van der Waals surface area contributed by atoms with E-state index in [2.05, 4.69) is 52.8 Å². The van der Waals surface area contributed by atoms with Crippen LogP contribution in [-0.4, -0.2) is 4.68 Å². The van der Waals surface area contributed by atoms with E-state index < -0.39 is 0 Å². The molecule has 18 heavy (non-hydrogen) atoms. The van der Waals surface area contributed by atoms with Gasteiger partial charge >= 0.3 is 0 Å². The van der Waals surface area contributed by atoms with E-state index in [4.69, 9.17) is 5.84 Å². The predicted molar refractivity (Wildman–Crippen MR) is 81.3 cm³/mol. The average Bonchev–Trinajstić information content (AvgIpc) is 2.66. The molecule has 1 heterocycles. The first-order chi connectivity index (χ1) is 8.49. The van der Waals surface area contributed by atoms with Crippen LogP contribution in [0.15, 0.2) is 24.4 Å². The molecule has 0 aliphatic heterocycles. The minimum absolute atomic E-state index is 0.884. The first-order valence-electron chi connectivity index (χ1n) is 6.85. The smallest absolute Gasteiger partial charge is 0.0693 e. The van der Waals surface area contributed by atoms with Crippen LogP contribution >= 0.6 is 0 Å². The van der Waals surface area contributed by atoms with E-state index in [1.165, 1.54) is 22.9 Å². The molecule has 0 unspecified atom stereocenters. The lowest BCUT2D eigenvalue weighted by Crippen LogP contribution is -2.04. The largest absolute Gasteiger partial charge is 0.339 e. The Labute approximate surface area is 111 Å². The first kappa shape index (κ1) is 14.6. The molecule has 2 rings (SSSR count). The van der Waals surface area contributed by atoms with Crippen molar-refractivity contribution in [1.82, 2.24) is 4.68 Å². The van der Waals surface area contributed by atoms with Crippen molar-refractivity contribution in [1.29, 1.82) is 0 Å². The highest BCUT2D eigenvalue weighted by molar-refractivity contribution is 5.84. The molecule has 2 heteroatoms. The molecule has 1 aromatic heterocycles. The lowest BCUT2D eigenvalue weighted by atomic mass is 10.1. The van der Waals surface area contributed by atoms with E-state index in [0.717, 1.165) is 17.9 Å². The fourth-order valence-corrected chi connectivity index (χ4v) is 1.72. The normalized spacial score (nSPS) is 10.6. The summed E-state index contributed by atoms with van der Waals surface area (Å²) in [5, 5.41) is 1.28. The summed E-state index contributed by atoms with van der Waals surface area (Å²) in [5.74, 6) is 6.70. The Kier molecular flexibility index (Phi) is 5.26. The zero-order chi connectivity index (χ0) is 13.7. The number of aromatic nitrogens is 1. The van der Waals surface area contributed by atoms with Crippen molar-refractivity contribution in [2.45, 2.75) is 47.5 Å². The molecule has 2 aromatic rings. The van der Waals surface area contributed by atoms with Crippen LogP contribution in [0.25, 0.3) is 10.9 Å². The third kappa shape index (κ3) is 3.52. The van der Waals surface area contributed by atoms with Crippen LogP contribution in [0.2, 0.25) is 0 Å². The molecule has 1 aromatic carbocycles. The van der Waals surface area contributed by atoms with Gasteiger partial charge in [-0.25, -0.2) is 0 Å². The number of rotatable bonds is 2. The lowest BCUT2D eigenvalue weighted by Gasteiger charge is -1.97. The van der Waals surface area contributed by atoms with Gasteiger partial charge in [0.05, 0.1) is 5.52 Å². The van der Waals surface area contributed by atoms with E-state index in [1.807, 2.05) is 6.20 Å². The number of hydrogen-bond acceptors (Lipinski definition) is 1. The molecule has 2 N–H and O–H groups in total. The molecule has 100 valence electrons. The van der Waals surface area contributed by atoms with Crippen molar-refractivity contribution in [3.63, 3.8) is 0 Å². The minimum atomic E-state index is 0.884. The Bertz CT molecular complexity index is 495. The summed E-state index contributed by atoms with van der Waals surface area (Å²) in [6.07, 6.45) is 4.34. The van der Waals surface area contributed by atoms with Crippen LogP contribution in [0.3, 0.4) is 0 Å². The molecular formula is C16H26N2. The maximum absolute atomic E-state index is 5.82. The van der Waals surface area contributed by atoms with Crippen molar-refractivity contribution in [3.8, 4) is 0 Å². The van der Waals surface area contributed by atoms with Gasteiger partial charge in [-0.05, 0) is 37.0 Å². The lowest BCUT2D eigenvalue weighted by molar-refractivity contribution is 0.626. The summed E-state index contributed by atoms with van der Waals surface area (Å²) in [7, 11) is 0. The van der Waals surface area contributed by atoms with Crippen LogP contribution in [0.4, 0.5) is 0 Å². The van der Waals surface area contributed by atoms with Gasteiger partial charge in [0.1, 0.15) is 0 Å². The van der Waals surface area contributed by atoms with Crippen molar-refractivity contribution >= 4 is 10.9 Å². The number of benzene rings is 1. The Morgan fingerprint density at radius 1 is 1.22 bits per heavy atom. The Balaban J connectivity index is 0.000000280. The van der Waals surface area contributed by atoms with Crippen LogP contribution in [0.1, 0.15) is 45.2 Å². The molecular weight excluding hydrogens is 220 g/mol. The van der Waals surface area contributed by atoms with Crippen molar-refractivity contribution < 1.29 is 0 Å². The molecule has 0 aliphatic rings. The summed E-state index contributed by atoms with van der Waals surface area (Å²) in [4.78, 5) is 0. The fourth-order valence-electron chi connectivity index (χ4n) is 1.72. The molecule has 0 fully saturated rings. The van der Waals surface area contributed by atoms with Gasteiger partial charge in [0, 0.05) is 11.6 Å².